The zero-order valence-corrected chi connectivity index (χ0v) is 14.1. The zero-order chi connectivity index (χ0) is 25.3. The first-order valence-electron chi connectivity index (χ1n) is 7.15. The highest BCUT2D eigenvalue weighted by Crippen LogP contribution is 2.61. The first-order valence-corrected chi connectivity index (χ1v) is 7.15. The van der Waals surface area contributed by atoms with Crippen LogP contribution in [-0.4, -0.2) is 71.5 Å². The lowest BCUT2D eigenvalue weighted by Crippen LogP contribution is -2.71. The van der Waals surface area contributed by atoms with Crippen LogP contribution in [0.5, 0.6) is 0 Å². The molecule has 1 atom stereocenters. The van der Waals surface area contributed by atoms with Crippen molar-refractivity contribution in [2.24, 2.45) is 5.92 Å². The molecule has 19 heteroatoms. The van der Waals surface area contributed by atoms with Gasteiger partial charge in [0.2, 0.25) is 0 Å². The highest BCUT2D eigenvalue weighted by atomic mass is 19.4. The Morgan fingerprint density at radius 2 is 1.03 bits per heavy atom. The van der Waals surface area contributed by atoms with E-state index in [1.807, 2.05) is 0 Å². The minimum atomic E-state index is -8.12. The van der Waals surface area contributed by atoms with Gasteiger partial charge in [0, 0.05) is 0 Å². The summed E-state index contributed by atoms with van der Waals surface area (Å²) in [5, 5.41) is 16.3. The van der Waals surface area contributed by atoms with E-state index in [0.29, 0.717) is 0 Å². The Bertz CT molecular complexity index is 660. The lowest BCUT2D eigenvalue weighted by Gasteiger charge is -2.41. The van der Waals surface area contributed by atoms with Crippen LogP contribution >= 0.6 is 0 Å². The highest BCUT2D eigenvalue weighted by molar-refractivity contribution is 5.57. The van der Waals surface area contributed by atoms with E-state index in [-0.39, 0.29) is 0 Å². The molecule has 1 unspecified atom stereocenters. The summed E-state index contributed by atoms with van der Waals surface area (Å²) in [6, 6.07) is 0. The first kappa shape index (κ1) is 28.6. The van der Waals surface area contributed by atoms with Crippen molar-refractivity contribution in [2.75, 3.05) is 13.2 Å². The first-order chi connectivity index (χ1) is 13.5. The second-order valence-corrected chi connectivity index (χ2v) is 5.60. The van der Waals surface area contributed by atoms with Crippen molar-refractivity contribution in [3.8, 4) is 0 Å². The smallest absolute Gasteiger partial charge is 0.450 e. The molecule has 0 aromatic rings. The van der Waals surface area contributed by atoms with Gasteiger partial charge in [0.15, 0.2) is 0 Å². The van der Waals surface area contributed by atoms with Gasteiger partial charge in [0.25, 0.3) is 0 Å². The second-order valence-electron chi connectivity index (χ2n) is 5.60. The lowest BCUT2D eigenvalue weighted by molar-refractivity contribution is -0.443. The third kappa shape index (κ3) is 5.10. The molecular formula is C12H9F13O6. The van der Waals surface area contributed by atoms with Gasteiger partial charge in [-0.15, -0.1) is 0 Å². The van der Waals surface area contributed by atoms with Crippen molar-refractivity contribution in [1.82, 2.24) is 0 Å². The van der Waals surface area contributed by atoms with Gasteiger partial charge < -0.3 is 19.7 Å². The molecular weight excluding hydrogens is 487 g/mol. The molecule has 0 aromatic heterocycles. The van der Waals surface area contributed by atoms with Crippen molar-refractivity contribution < 1.29 is 86.4 Å². The second kappa shape index (κ2) is 8.64. The molecule has 184 valence electrons. The van der Waals surface area contributed by atoms with E-state index < -0.39 is 73.7 Å². The van der Waals surface area contributed by atoms with Crippen LogP contribution in [0.3, 0.4) is 0 Å². The van der Waals surface area contributed by atoms with Crippen molar-refractivity contribution in [2.45, 2.75) is 42.2 Å². The van der Waals surface area contributed by atoms with E-state index in [1.165, 1.54) is 0 Å². The van der Waals surface area contributed by atoms with Crippen molar-refractivity contribution in [3.05, 3.63) is 0 Å². The highest BCUT2D eigenvalue weighted by Gasteiger charge is 2.91. The molecule has 0 spiro atoms. The van der Waals surface area contributed by atoms with Crippen molar-refractivity contribution >= 4 is 12.3 Å². The molecule has 6 nitrogen and oxygen atoms in total. The summed E-state index contributed by atoms with van der Waals surface area (Å²) in [7, 11) is 0. The van der Waals surface area contributed by atoms with Gasteiger partial charge in [-0.3, -0.25) is 0 Å². The van der Waals surface area contributed by atoms with Gasteiger partial charge in [-0.25, -0.2) is 9.59 Å². The van der Waals surface area contributed by atoms with Crippen LogP contribution < -0.4 is 0 Å². The molecule has 0 bridgehead atoms. The Kier molecular flexibility index (Phi) is 7.98. The Labute approximate surface area is 161 Å². The summed E-state index contributed by atoms with van der Waals surface area (Å²) < 4.78 is 177. The fourth-order valence-corrected chi connectivity index (χ4v) is 1.87. The largest absolute Gasteiger partial charge is 0.505 e. The normalized spacial score (nSPS) is 15.4. The summed E-state index contributed by atoms with van der Waals surface area (Å²) in [6.07, 6.45) is -14.2. The van der Waals surface area contributed by atoms with E-state index in [2.05, 4.69) is 9.47 Å². The molecule has 31 heavy (non-hydrogen) atoms. The lowest BCUT2D eigenvalue weighted by atomic mass is 9.86. The molecule has 0 fully saturated rings. The minimum Gasteiger partial charge on any atom is -0.450 e. The topological polar surface area (TPSA) is 93.1 Å². The van der Waals surface area contributed by atoms with E-state index in [0.717, 1.165) is 0 Å². The minimum absolute atomic E-state index is 1.57. The number of hydrogen-bond acceptors (Lipinski definition) is 4. The molecule has 0 aliphatic heterocycles. The van der Waals surface area contributed by atoms with Gasteiger partial charge in [-0.1, -0.05) is 0 Å². The summed E-state index contributed by atoms with van der Waals surface area (Å²) in [5.41, 5.74) is 0. The molecule has 0 radical (unpaired) electrons. The number of rotatable bonds is 10. The van der Waals surface area contributed by atoms with Gasteiger partial charge in [0.05, 0.1) is 12.5 Å². The number of alkyl halides is 13. The summed E-state index contributed by atoms with van der Waals surface area (Å²) in [6.45, 7) is -3.80. The fraction of sp³-hybridized carbons (Fsp3) is 0.833. The van der Waals surface area contributed by atoms with Crippen LogP contribution in [-0.2, 0) is 9.47 Å². The summed E-state index contributed by atoms with van der Waals surface area (Å²) >= 11 is 0. The molecule has 0 saturated heterocycles. The maximum atomic E-state index is 14.0. The maximum Gasteiger partial charge on any atom is 0.505 e. The number of carbonyl (C=O) groups is 2. The van der Waals surface area contributed by atoms with Crippen LogP contribution in [0.4, 0.5) is 66.7 Å². The van der Waals surface area contributed by atoms with E-state index in [4.69, 9.17) is 10.2 Å². The SMILES string of the molecule is O=C(O)OCCC(COC(=O)O)C(F)(F)C(F)(F)C(F)(F)C(F)(F)C(F)(F)C(F)(F)F. The fourth-order valence-electron chi connectivity index (χ4n) is 1.87. The van der Waals surface area contributed by atoms with Gasteiger partial charge in [0.1, 0.15) is 6.61 Å². The Morgan fingerprint density at radius 1 is 0.645 bits per heavy atom. The van der Waals surface area contributed by atoms with Gasteiger partial charge in [-0.05, 0) is 6.42 Å². The van der Waals surface area contributed by atoms with Gasteiger partial charge >= 0.3 is 48.1 Å². The maximum absolute atomic E-state index is 14.0. The number of carboxylic acid groups (broad SMARTS) is 2. The summed E-state index contributed by atoms with van der Waals surface area (Å²) in [4.78, 5) is 20.3. The van der Waals surface area contributed by atoms with Crippen LogP contribution in [0, 0.1) is 5.92 Å². The standard InChI is InChI=1S/C12H9F13O6/c13-7(14,4(3-31-6(28)29)1-2-30-5(26)27)8(15,16)9(17,18)10(19,20)11(21,22)12(23,24)25/h4H,1-3H2,(H,26,27)(H,28,29). The molecule has 0 aliphatic carbocycles. The van der Waals surface area contributed by atoms with E-state index in [1.54, 1.807) is 0 Å². The van der Waals surface area contributed by atoms with Crippen LogP contribution in [0.15, 0.2) is 0 Å². The van der Waals surface area contributed by atoms with Crippen LogP contribution in [0.2, 0.25) is 0 Å². The molecule has 2 N–H and O–H groups in total. The predicted octanol–water partition coefficient (Wildman–Crippen LogP) is 5.12. The zero-order valence-electron chi connectivity index (χ0n) is 14.1. The van der Waals surface area contributed by atoms with E-state index >= 15 is 0 Å². The van der Waals surface area contributed by atoms with E-state index in [9.17, 15) is 66.7 Å². The predicted molar refractivity (Wildman–Crippen MR) is 66.9 cm³/mol. The van der Waals surface area contributed by atoms with Crippen molar-refractivity contribution in [1.29, 1.82) is 0 Å². The quantitative estimate of drug-likeness (QED) is 0.322. The third-order valence-corrected chi connectivity index (χ3v) is 3.57. The molecule has 0 aromatic carbocycles. The number of halogens is 13. The molecule has 0 amide bonds. The van der Waals surface area contributed by atoms with Crippen LogP contribution in [0.1, 0.15) is 6.42 Å². The monoisotopic (exact) mass is 496 g/mol. The molecule has 0 aliphatic rings. The Balaban J connectivity index is 6.31. The number of ether oxygens (including phenoxy) is 2. The average molecular weight is 496 g/mol. The molecule has 0 rings (SSSR count). The average Bonchev–Trinajstić information content (AvgIpc) is 2.55. The molecule has 0 saturated carbocycles. The Hall–Kier alpha value is -2.37. The third-order valence-electron chi connectivity index (χ3n) is 3.57. The molecule has 0 heterocycles. The Morgan fingerprint density at radius 3 is 1.39 bits per heavy atom. The summed E-state index contributed by atoms with van der Waals surface area (Å²) in [5.74, 6) is -42.1. The van der Waals surface area contributed by atoms with Crippen molar-refractivity contribution in [3.63, 3.8) is 0 Å². The van der Waals surface area contributed by atoms with Gasteiger partial charge in [-0.2, -0.15) is 57.1 Å². The van der Waals surface area contributed by atoms with Crippen LogP contribution in [0.25, 0.3) is 0 Å². The number of hydrogen-bond donors (Lipinski definition) is 2.